The molecule has 0 amide bonds. The molecule has 25 heavy (non-hydrogen) atoms. The summed E-state index contributed by atoms with van der Waals surface area (Å²) in [5.41, 5.74) is 0.0605. The van der Waals surface area contributed by atoms with Crippen molar-refractivity contribution in [2.24, 2.45) is 0 Å². The van der Waals surface area contributed by atoms with Gasteiger partial charge in [0.2, 0.25) is 0 Å². The molecule has 3 aromatic rings. The number of nitrogens with one attached hydrogen (secondary N) is 1. The summed E-state index contributed by atoms with van der Waals surface area (Å²) in [6.45, 7) is 1.55. The molecule has 0 bridgehead atoms. The van der Waals surface area contributed by atoms with Crippen LogP contribution < -0.4 is 4.72 Å². The minimum absolute atomic E-state index is 0.0198. The fraction of sp³-hybridized carbons (Fsp3) is 0.0714. The molecule has 0 saturated carbocycles. The summed E-state index contributed by atoms with van der Waals surface area (Å²) in [7, 11) is -4.06. The summed E-state index contributed by atoms with van der Waals surface area (Å²) in [5.74, 6) is 0.389. The van der Waals surface area contributed by atoms with E-state index in [2.05, 4.69) is 19.8 Å². The van der Waals surface area contributed by atoms with Crippen LogP contribution in [-0.4, -0.2) is 33.1 Å². The second-order valence-electron chi connectivity index (χ2n) is 5.02. The maximum atomic E-state index is 12.6. The summed E-state index contributed by atoms with van der Waals surface area (Å²) in [4.78, 5) is 17.9. The lowest BCUT2D eigenvalue weighted by molar-refractivity contribution is -0.385. The molecule has 0 aliphatic carbocycles. The van der Waals surface area contributed by atoms with E-state index in [0.717, 1.165) is 6.07 Å². The molecule has 1 aromatic carbocycles. The Morgan fingerprint density at radius 2 is 2.04 bits per heavy atom. The number of rotatable bonds is 5. The van der Waals surface area contributed by atoms with Crippen molar-refractivity contribution < 1.29 is 13.3 Å². The van der Waals surface area contributed by atoms with E-state index in [0.29, 0.717) is 11.4 Å². The monoisotopic (exact) mass is 360 g/mol. The lowest BCUT2D eigenvalue weighted by Crippen LogP contribution is -2.16. The van der Waals surface area contributed by atoms with Gasteiger partial charge in [0.25, 0.3) is 15.7 Å². The summed E-state index contributed by atoms with van der Waals surface area (Å²) in [6.07, 6.45) is 4.39. The minimum atomic E-state index is -4.06. The fourth-order valence-corrected chi connectivity index (χ4v) is 3.38. The Morgan fingerprint density at radius 1 is 1.24 bits per heavy atom. The molecule has 3 rings (SSSR count). The molecule has 0 atom stereocenters. The van der Waals surface area contributed by atoms with Crippen LogP contribution in [0.25, 0.3) is 5.82 Å². The number of sulfonamides is 1. The van der Waals surface area contributed by atoms with Gasteiger partial charge in [-0.1, -0.05) is 6.07 Å². The Kier molecular flexibility index (Phi) is 4.15. The van der Waals surface area contributed by atoms with Crippen LogP contribution in [0.4, 0.5) is 11.5 Å². The molecule has 2 heterocycles. The number of hydrogen-bond acceptors (Lipinski definition) is 7. The van der Waals surface area contributed by atoms with Crippen molar-refractivity contribution in [1.82, 2.24) is 19.7 Å². The first-order valence-corrected chi connectivity index (χ1v) is 8.45. The Morgan fingerprint density at radius 3 is 2.72 bits per heavy atom. The van der Waals surface area contributed by atoms with Gasteiger partial charge in [0, 0.05) is 30.6 Å². The number of benzene rings is 1. The zero-order valence-corrected chi connectivity index (χ0v) is 13.7. The van der Waals surface area contributed by atoms with Crippen molar-refractivity contribution in [3.63, 3.8) is 0 Å². The highest BCUT2D eigenvalue weighted by Gasteiger charge is 2.21. The predicted molar refractivity (Wildman–Crippen MR) is 87.8 cm³/mol. The second kappa shape index (κ2) is 6.28. The zero-order chi connectivity index (χ0) is 18.0. The number of hydrogen-bond donors (Lipinski definition) is 1. The Balaban J connectivity index is 1.96. The van der Waals surface area contributed by atoms with Gasteiger partial charge in [-0.15, -0.1) is 0 Å². The van der Waals surface area contributed by atoms with E-state index in [9.17, 15) is 18.5 Å². The molecule has 128 valence electrons. The lowest BCUT2D eigenvalue weighted by atomic mass is 10.2. The first-order valence-electron chi connectivity index (χ1n) is 6.97. The Bertz CT molecular complexity index is 1030. The van der Waals surface area contributed by atoms with Gasteiger partial charge in [0.15, 0.2) is 5.82 Å². The van der Waals surface area contributed by atoms with Crippen LogP contribution in [0.2, 0.25) is 0 Å². The molecule has 0 spiro atoms. The molecule has 0 saturated heterocycles. The van der Waals surface area contributed by atoms with Crippen molar-refractivity contribution in [2.45, 2.75) is 11.8 Å². The van der Waals surface area contributed by atoms with Gasteiger partial charge in [0.05, 0.1) is 9.82 Å². The largest absolute Gasteiger partial charge is 0.270 e. The predicted octanol–water partition coefficient (Wildman–Crippen LogP) is 1.68. The molecule has 0 aliphatic rings. The number of aryl methyl sites for hydroxylation is 1. The molecule has 0 aliphatic heterocycles. The van der Waals surface area contributed by atoms with Gasteiger partial charge >= 0.3 is 0 Å². The number of anilines is 1. The van der Waals surface area contributed by atoms with Gasteiger partial charge in [-0.3, -0.25) is 14.8 Å². The molecule has 0 fully saturated rings. The van der Waals surface area contributed by atoms with Crippen molar-refractivity contribution in [3.05, 3.63) is 64.7 Å². The van der Waals surface area contributed by atoms with E-state index < -0.39 is 14.9 Å². The minimum Gasteiger partial charge on any atom is -0.263 e. The van der Waals surface area contributed by atoms with Gasteiger partial charge in [-0.2, -0.15) is 5.10 Å². The molecule has 1 N–H and O–H groups in total. The number of nitrogens with zero attached hydrogens (tertiary/aromatic N) is 5. The van der Waals surface area contributed by atoms with Crippen LogP contribution in [0.1, 0.15) is 5.56 Å². The summed E-state index contributed by atoms with van der Waals surface area (Å²) in [5, 5.41) is 14.9. The number of nitro benzene ring substituents is 1. The van der Waals surface area contributed by atoms with E-state index >= 15 is 0 Å². The van der Waals surface area contributed by atoms with Crippen LogP contribution in [0.3, 0.4) is 0 Å². The summed E-state index contributed by atoms with van der Waals surface area (Å²) >= 11 is 0. The molecule has 11 heteroatoms. The highest BCUT2D eigenvalue weighted by molar-refractivity contribution is 7.92. The highest BCUT2D eigenvalue weighted by Crippen LogP contribution is 2.23. The molecule has 10 nitrogen and oxygen atoms in total. The Labute approximate surface area is 142 Å². The molecular weight excluding hydrogens is 348 g/mol. The van der Waals surface area contributed by atoms with Crippen LogP contribution in [0, 0.1) is 17.0 Å². The topological polar surface area (TPSA) is 133 Å². The van der Waals surface area contributed by atoms with E-state index in [1.807, 2.05) is 0 Å². The summed E-state index contributed by atoms with van der Waals surface area (Å²) in [6, 6.07) is 6.72. The van der Waals surface area contributed by atoms with E-state index in [1.165, 1.54) is 29.2 Å². The van der Waals surface area contributed by atoms with Crippen LogP contribution in [0.5, 0.6) is 0 Å². The maximum Gasteiger partial charge on any atom is 0.270 e. The highest BCUT2D eigenvalue weighted by atomic mass is 32.2. The first kappa shape index (κ1) is 16.5. The van der Waals surface area contributed by atoms with Gasteiger partial charge in [-0.05, 0) is 18.6 Å². The Hall–Kier alpha value is -3.34. The second-order valence-corrected chi connectivity index (χ2v) is 6.68. The zero-order valence-electron chi connectivity index (χ0n) is 12.9. The van der Waals surface area contributed by atoms with Crippen LogP contribution in [0.15, 0.2) is 53.9 Å². The van der Waals surface area contributed by atoms with E-state index in [4.69, 9.17) is 0 Å². The average molecular weight is 360 g/mol. The average Bonchev–Trinajstić information content (AvgIpc) is 3.09. The SMILES string of the molecule is Cc1ccc([N+](=O)[O-])cc1S(=O)(=O)Nc1cc(-n2cccn2)ncn1. The third-order valence-electron chi connectivity index (χ3n) is 3.30. The third kappa shape index (κ3) is 3.45. The van der Waals surface area contributed by atoms with E-state index in [1.54, 1.807) is 25.4 Å². The maximum absolute atomic E-state index is 12.6. The van der Waals surface area contributed by atoms with Gasteiger partial charge in [-0.25, -0.2) is 23.1 Å². The normalized spacial score (nSPS) is 11.2. The fourth-order valence-electron chi connectivity index (χ4n) is 2.12. The third-order valence-corrected chi connectivity index (χ3v) is 4.80. The van der Waals surface area contributed by atoms with Gasteiger partial charge < -0.3 is 0 Å². The van der Waals surface area contributed by atoms with Crippen molar-refractivity contribution in [3.8, 4) is 5.82 Å². The van der Waals surface area contributed by atoms with Crippen molar-refractivity contribution in [2.75, 3.05) is 4.72 Å². The number of aromatic nitrogens is 4. The molecule has 0 radical (unpaired) electrons. The summed E-state index contributed by atoms with van der Waals surface area (Å²) < 4.78 is 28.9. The lowest BCUT2D eigenvalue weighted by Gasteiger charge is -2.10. The molecular formula is C14H12N6O4S. The number of nitro groups is 1. The van der Waals surface area contributed by atoms with Crippen LogP contribution >= 0.6 is 0 Å². The van der Waals surface area contributed by atoms with Crippen molar-refractivity contribution >= 4 is 21.5 Å². The van der Waals surface area contributed by atoms with Crippen LogP contribution in [-0.2, 0) is 10.0 Å². The standard InChI is InChI=1S/C14H12N6O4S/c1-10-3-4-11(20(21)22)7-12(10)25(23,24)18-13-8-14(16-9-15-13)19-6-2-5-17-19/h2-9H,1H3,(H,15,16,18). The molecule has 2 aromatic heterocycles. The van der Waals surface area contributed by atoms with E-state index in [-0.39, 0.29) is 16.4 Å². The van der Waals surface area contributed by atoms with Crippen molar-refractivity contribution in [1.29, 1.82) is 0 Å². The molecule has 0 unspecified atom stereocenters. The van der Waals surface area contributed by atoms with Gasteiger partial charge in [0.1, 0.15) is 12.1 Å². The first-order chi connectivity index (χ1) is 11.9. The number of non-ortho nitro benzene ring substituents is 1. The smallest absolute Gasteiger partial charge is 0.263 e. The quantitative estimate of drug-likeness (QED) is 0.540.